The molecule has 17 heavy (non-hydrogen) atoms. The molecule has 0 aromatic carbocycles. The van der Waals surface area contributed by atoms with Crippen LogP contribution in [0.25, 0.3) is 0 Å². The molecule has 5 heteroatoms. The van der Waals surface area contributed by atoms with Crippen LogP contribution < -0.4 is 0 Å². The van der Waals surface area contributed by atoms with Gasteiger partial charge < -0.3 is 4.90 Å². The van der Waals surface area contributed by atoms with Gasteiger partial charge in [0.05, 0.1) is 0 Å². The second kappa shape index (κ2) is 5.23. The summed E-state index contributed by atoms with van der Waals surface area (Å²) >= 11 is 11.7. The second-order valence-corrected chi connectivity index (χ2v) is 5.08. The molecule has 0 spiro atoms. The lowest BCUT2D eigenvalue weighted by molar-refractivity contribution is -0.128. The Bertz CT molecular complexity index is 437. The summed E-state index contributed by atoms with van der Waals surface area (Å²) in [6.07, 6.45) is 1.68. The van der Waals surface area contributed by atoms with E-state index in [-0.39, 0.29) is 5.91 Å². The maximum absolute atomic E-state index is 11.8. The lowest BCUT2D eigenvalue weighted by Crippen LogP contribution is -2.24. The number of nitrogens with zero attached hydrogens (tertiary/aromatic N) is 2. The molecule has 0 bridgehead atoms. The Balaban J connectivity index is 2.08. The van der Waals surface area contributed by atoms with E-state index in [1.165, 1.54) is 0 Å². The van der Waals surface area contributed by atoms with Crippen molar-refractivity contribution in [2.45, 2.75) is 26.3 Å². The summed E-state index contributed by atoms with van der Waals surface area (Å²) in [5.41, 5.74) is 0.848. The smallest absolute Gasteiger partial charge is 0.223 e. The van der Waals surface area contributed by atoms with Crippen molar-refractivity contribution in [3.8, 4) is 0 Å². The minimum absolute atomic E-state index is 0.197. The van der Waals surface area contributed by atoms with Gasteiger partial charge in [-0.15, -0.1) is 0 Å². The lowest BCUT2D eigenvalue weighted by Gasteiger charge is -2.17. The molecule has 1 atom stereocenters. The maximum atomic E-state index is 11.8. The van der Waals surface area contributed by atoms with Gasteiger partial charge in [0.2, 0.25) is 5.91 Å². The molecule has 1 unspecified atom stereocenters. The number of pyridine rings is 1. The predicted octanol–water partition coefficient (Wildman–Crippen LogP) is 3.15. The maximum Gasteiger partial charge on any atom is 0.223 e. The van der Waals surface area contributed by atoms with Gasteiger partial charge in [-0.3, -0.25) is 4.79 Å². The highest BCUT2D eigenvalue weighted by atomic mass is 35.5. The fourth-order valence-corrected chi connectivity index (χ4v) is 2.45. The van der Waals surface area contributed by atoms with Gasteiger partial charge in [-0.25, -0.2) is 4.98 Å². The summed E-state index contributed by atoms with van der Waals surface area (Å²) < 4.78 is 0. The lowest BCUT2D eigenvalue weighted by atomic mass is 10.1. The average Bonchev–Trinajstić information content (AvgIpc) is 2.64. The Morgan fingerprint density at radius 2 is 2.24 bits per heavy atom. The second-order valence-electron chi connectivity index (χ2n) is 4.34. The van der Waals surface area contributed by atoms with Gasteiger partial charge in [-0.1, -0.05) is 42.6 Å². The standard InChI is InChI=1S/C12H14Cl2N2O/c1-2-8-5-11(17)16(6-8)7-9-3-4-10(13)15-12(9)14/h3-4,8H,2,5-7H2,1H3. The predicted molar refractivity (Wildman–Crippen MR) is 68.1 cm³/mol. The van der Waals surface area contributed by atoms with Crippen molar-refractivity contribution in [2.24, 2.45) is 5.92 Å². The van der Waals surface area contributed by atoms with Crippen molar-refractivity contribution in [3.05, 3.63) is 28.0 Å². The molecule has 1 aliphatic heterocycles. The van der Waals surface area contributed by atoms with E-state index in [4.69, 9.17) is 23.2 Å². The fraction of sp³-hybridized carbons (Fsp3) is 0.500. The van der Waals surface area contributed by atoms with Crippen LogP contribution in [0.4, 0.5) is 0 Å². The van der Waals surface area contributed by atoms with E-state index in [2.05, 4.69) is 11.9 Å². The van der Waals surface area contributed by atoms with Crippen molar-refractivity contribution < 1.29 is 4.79 Å². The molecule has 2 heterocycles. The summed E-state index contributed by atoms with van der Waals surface area (Å²) in [5.74, 6) is 0.671. The number of carbonyl (C=O) groups excluding carboxylic acids is 1. The first-order valence-corrected chi connectivity index (χ1v) is 6.44. The van der Waals surface area contributed by atoms with Gasteiger partial charge in [0.1, 0.15) is 10.3 Å². The molecule has 1 aromatic heterocycles. The van der Waals surface area contributed by atoms with Crippen LogP contribution in [0.5, 0.6) is 0 Å². The highest BCUT2D eigenvalue weighted by molar-refractivity contribution is 6.32. The van der Waals surface area contributed by atoms with Gasteiger partial charge in [0.15, 0.2) is 0 Å². The van der Waals surface area contributed by atoms with Crippen LogP contribution in [0, 0.1) is 5.92 Å². The molecule has 1 amide bonds. The van der Waals surface area contributed by atoms with Crippen LogP contribution in [0.1, 0.15) is 25.3 Å². The van der Waals surface area contributed by atoms with E-state index >= 15 is 0 Å². The average molecular weight is 273 g/mol. The zero-order valence-corrected chi connectivity index (χ0v) is 11.1. The zero-order chi connectivity index (χ0) is 12.4. The molecule has 1 saturated heterocycles. The highest BCUT2D eigenvalue weighted by Gasteiger charge is 2.28. The van der Waals surface area contributed by atoms with Crippen molar-refractivity contribution in [1.29, 1.82) is 0 Å². The molecule has 0 radical (unpaired) electrons. The first kappa shape index (κ1) is 12.7. The zero-order valence-electron chi connectivity index (χ0n) is 9.62. The van der Waals surface area contributed by atoms with Crippen LogP contribution in [-0.2, 0) is 11.3 Å². The molecule has 1 aliphatic rings. The summed E-state index contributed by atoms with van der Waals surface area (Å²) in [5, 5.41) is 0.753. The van der Waals surface area contributed by atoms with Crippen molar-refractivity contribution >= 4 is 29.1 Å². The van der Waals surface area contributed by atoms with Gasteiger partial charge in [-0.2, -0.15) is 0 Å². The molecule has 2 rings (SSSR count). The summed E-state index contributed by atoms with van der Waals surface area (Å²) in [6, 6.07) is 3.52. The highest BCUT2D eigenvalue weighted by Crippen LogP contribution is 2.25. The number of halogens is 2. The van der Waals surface area contributed by atoms with E-state index in [0.717, 1.165) is 18.5 Å². The number of aromatic nitrogens is 1. The van der Waals surface area contributed by atoms with Crippen molar-refractivity contribution in [3.63, 3.8) is 0 Å². The topological polar surface area (TPSA) is 33.2 Å². The third-order valence-corrected chi connectivity index (χ3v) is 3.66. The molecule has 1 aromatic rings. The monoisotopic (exact) mass is 272 g/mol. The van der Waals surface area contributed by atoms with Crippen LogP contribution in [0.3, 0.4) is 0 Å². The Labute approximate surface area is 111 Å². The summed E-state index contributed by atoms with van der Waals surface area (Å²) in [4.78, 5) is 17.6. The molecule has 92 valence electrons. The van der Waals surface area contributed by atoms with E-state index < -0.39 is 0 Å². The van der Waals surface area contributed by atoms with E-state index in [1.807, 2.05) is 11.0 Å². The number of hydrogen-bond donors (Lipinski definition) is 0. The number of carbonyl (C=O) groups is 1. The molecule has 3 nitrogen and oxygen atoms in total. The Kier molecular flexibility index (Phi) is 3.89. The third kappa shape index (κ3) is 2.90. The van der Waals surface area contributed by atoms with Gasteiger partial charge in [0.25, 0.3) is 0 Å². The summed E-state index contributed by atoms with van der Waals surface area (Å²) in [6.45, 7) is 3.45. The number of hydrogen-bond acceptors (Lipinski definition) is 2. The van der Waals surface area contributed by atoms with Crippen LogP contribution in [0.15, 0.2) is 12.1 Å². The molecule has 0 saturated carbocycles. The van der Waals surface area contributed by atoms with E-state index in [1.54, 1.807) is 6.07 Å². The van der Waals surface area contributed by atoms with Gasteiger partial charge in [-0.05, 0) is 12.0 Å². The SMILES string of the molecule is CCC1CC(=O)N(Cc2ccc(Cl)nc2Cl)C1. The van der Waals surface area contributed by atoms with Crippen LogP contribution >= 0.6 is 23.2 Å². The van der Waals surface area contributed by atoms with Gasteiger partial charge >= 0.3 is 0 Å². The van der Waals surface area contributed by atoms with Crippen molar-refractivity contribution in [1.82, 2.24) is 9.88 Å². The first-order chi connectivity index (χ1) is 8.10. The Morgan fingerprint density at radius 3 is 2.82 bits per heavy atom. The van der Waals surface area contributed by atoms with Gasteiger partial charge in [0, 0.05) is 25.1 Å². The number of amides is 1. The molecule has 0 N–H and O–H groups in total. The third-order valence-electron chi connectivity index (χ3n) is 3.13. The Hall–Kier alpha value is -0.800. The molecular formula is C12H14Cl2N2O. The minimum atomic E-state index is 0.197. The summed E-state index contributed by atoms with van der Waals surface area (Å²) in [7, 11) is 0. The van der Waals surface area contributed by atoms with E-state index in [9.17, 15) is 4.79 Å². The molecular weight excluding hydrogens is 259 g/mol. The van der Waals surface area contributed by atoms with E-state index in [0.29, 0.717) is 29.2 Å². The molecule has 1 fully saturated rings. The minimum Gasteiger partial charge on any atom is -0.338 e. The number of likely N-dealkylation sites (tertiary alicyclic amines) is 1. The molecule has 0 aliphatic carbocycles. The normalized spacial score (nSPS) is 20.1. The van der Waals surface area contributed by atoms with Crippen LogP contribution in [0.2, 0.25) is 10.3 Å². The number of rotatable bonds is 3. The largest absolute Gasteiger partial charge is 0.338 e. The quantitative estimate of drug-likeness (QED) is 0.792. The Morgan fingerprint density at radius 1 is 1.47 bits per heavy atom. The van der Waals surface area contributed by atoms with Crippen molar-refractivity contribution in [2.75, 3.05) is 6.54 Å². The fourth-order valence-electron chi connectivity index (χ4n) is 2.04. The van der Waals surface area contributed by atoms with Crippen LogP contribution in [-0.4, -0.2) is 22.3 Å². The first-order valence-electron chi connectivity index (χ1n) is 5.69.